The number of aromatic nitrogens is 1. The normalized spacial score (nSPS) is 17.0. The van der Waals surface area contributed by atoms with Crippen LogP contribution in [0.25, 0.3) is 12.2 Å². The lowest BCUT2D eigenvalue weighted by atomic mass is 10.0. The average molecular weight is 277 g/mol. The van der Waals surface area contributed by atoms with Gasteiger partial charge < -0.3 is 10.2 Å². The van der Waals surface area contributed by atoms with Crippen molar-refractivity contribution >= 4 is 17.8 Å². The van der Waals surface area contributed by atoms with Crippen LogP contribution in [0.5, 0.6) is 0 Å². The van der Waals surface area contributed by atoms with Crippen LogP contribution in [0, 0.1) is 0 Å². The molecule has 4 rings (SSSR count). The van der Waals surface area contributed by atoms with Crippen LogP contribution in [0.4, 0.5) is 5.69 Å². The number of pyridine rings is 1. The number of hydrogen-bond acceptors (Lipinski definition) is 3. The number of nitrogens with one attached hydrogen (secondary N) is 1. The standard InChI is InChI=1S/C18H19N3/c1-2-4-15-13-17-16(6-5-14(15)3-1)18(7-8-20-17)21-11-9-19-10-12-21/h1-8,19H,9-13H2. The molecule has 0 saturated carbocycles. The Kier molecular flexibility index (Phi) is 3.20. The van der Waals surface area contributed by atoms with Crippen molar-refractivity contribution in [2.24, 2.45) is 0 Å². The molecule has 0 radical (unpaired) electrons. The number of hydrogen-bond donors (Lipinski definition) is 1. The van der Waals surface area contributed by atoms with Crippen molar-refractivity contribution in [1.29, 1.82) is 0 Å². The highest BCUT2D eigenvalue weighted by Crippen LogP contribution is 2.30. The Hall–Kier alpha value is -2.13. The summed E-state index contributed by atoms with van der Waals surface area (Å²) in [5, 5.41) is 3.42. The third-order valence-electron chi connectivity index (χ3n) is 4.35. The Labute approximate surface area is 125 Å². The summed E-state index contributed by atoms with van der Waals surface area (Å²) in [4.78, 5) is 7.11. The fourth-order valence-electron chi connectivity index (χ4n) is 3.22. The molecule has 2 aromatic rings. The highest BCUT2D eigenvalue weighted by atomic mass is 15.2. The minimum Gasteiger partial charge on any atom is -0.368 e. The van der Waals surface area contributed by atoms with Crippen LogP contribution >= 0.6 is 0 Å². The summed E-state index contributed by atoms with van der Waals surface area (Å²) >= 11 is 0. The highest BCUT2D eigenvalue weighted by molar-refractivity contribution is 5.81. The Morgan fingerprint density at radius 2 is 1.86 bits per heavy atom. The van der Waals surface area contributed by atoms with Gasteiger partial charge in [0.05, 0.1) is 5.69 Å². The van der Waals surface area contributed by atoms with Crippen molar-refractivity contribution in [3.05, 3.63) is 58.9 Å². The van der Waals surface area contributed by atoms with E-state index in [4.69, 9.17) is 0 Å². The van der Waals surface area contributed by atoms with E-state index in [1.165, 1.54) is 28.1 Å². The highest BCUT2D eigenvalue weighted by Gasteiger charge is 2.18. The van der Waals surface area contributed by atoms with Gasteiger partial charge in [0.1, 0.15) is 0 Å². The molecule has 0 unspecified atom stereocenters. The Balaban J connectivity index is 1.78. The van der Waals surface area contributed by atoms with Gasteiger partial charge in [0.2, 0.25) is 0 Å². The molecule has 0 amide bonds. The van der Waals surface area contributed by atoms with Gasteiger partial charge in [-0.05, 0) is 17.2 Å². The smallest absolute Gasteiger partial charge is 0.0540 e. The van der Waals surface area contributed by atoms with E-state index in [2.05, 4.69) is 57.7 Å². The van der Waals surface area contributed by atoms with Gasteiger partial charge in [-0.15, -0.1) is 0 Å². The van der Waals surface area contributed by atoms with Crippen LogP contribution in [-0.2, 0) is 6.42 Å². The predicted molar refractivity (Wildman–Crippen MR) is 87.5 cm³/mol. The van der Waals surface area contributed by atoms with E-state index in [1.54, 1.807) is 0 Å². The summed E-state index contributed by atoms with van der Waals surface area (Å²) in [6.45, 7) is 4.25. The van der Waals surface area contributed by atoms with Crippen molar-refractivity contribution in [2.75, 3.05) is 31.1 Å². The molecule has 1 saturated heterocycles. The quantitative estimate of drug-likeness (QED) is 0.741. The fraction of sp³-hybridized carbons (Fsp3) is 0.278. The molecule has 2 heterocycles. The molecular weight excluding hydrogens is 258 g/mol. The van der Waals surface area contributed by atoms with Gasteiger partial charge >= 0.3 is 0 Å². The molecule has 3 nitrogen and oxygen atoms in total. The third kappa shape index (κ3) is 2.34. The van der Waals surface area contributed by atoms with E-state index in [0.29, 0.717) is 0 Å². The van der Waals surface area contributed by atoms with Crippen molar-refractivity contribution in [3.63, 3.8) is 0 Å². The molecule has 106 valence electrons. The summed E-state index contributed by atoms with van der Waals surface area (Å²) in [5.74, 6) is 0. The lowest BCUT2D eigenvalue weighted by Gasteiger charge is -2.31. The van der Waals surface area contributed by atoms with Crippen LogP contribution in [0.15, 0.2) is 36.5 Å². The number of nitrogens with zero attached hydrogens (tertiary/aromatic N) is 2. The monoisotopic (exact) mass is 277 g/mol. The zero-order valence-corrected chi connectivity index (χ0v) is 12.0. The Morgan fingerprint density at radius 3 is 2.76 bits per heavy atom. The molecule has 1 N–H and O–H groups in total. The molecule has 1 aliphatic heterocycles. The van der Waals surface area contributed by atoms with Gasteiger partial charge in [-0.1, -0.05) is 36.4 Å². The third-order valence-corrected chi connectivity index (χ3v) is 4.35. The van der Waals surface area contributed by atoms with Crippen LogP contribution in [0.3, 0.4) is 0 Å². The number of fused-ring (bicyclic) bond motifs is 2. The molecule has 1 aliphatic carbocycles. The van der Waals surface area contributed by atoms with E-state index in [0.717, 1.165) is 32.6 Å². The van der Waals surface area contributed by atoms with Gasteiger partial charge in [0, 0.05) is 50.0 Å². The molecule has 3 heteroatoms. The largest absolute Gasteiger partial charge is 0.368 e. The van der Waals surface area contributed by atoms with E-state index in [-0.39, 0.29) is 0 Å². The number of rotatable bonds is 1. The molecule has 1 aromatic heterocycles. The SMILES string of the molecule is C1=Cc2c(N3CCNCC3)ccnc2Cc2ccccc21. The first-order valence-electron chi connectivity index (χ1n) is 7.61. The summed E-state index contributed by atoms with van der Waals surface area (Å²) < 4.78 is 0. The molecule has 0 atom stereocenters. The maximum absolute atomic E-state index is 4.64. The van der Waals surface area contributed by atoms with E-state index < -0.39 is 0 Å². The second kappa shape index (κ2) is 5.34. The minimum absolute atomic E-state index is 0.915. The first-order valence-corrected chi connectivity index (χ1v) is 7.61. The zero-order valence-electron chi connectivity index (χ0n) is 12.0. The lowest BCUT2D eigenvalue weighted by Crippen LogP contribution is -2.43. The summed E-state index contributed by atoms with van der Waals surface area (Å²) in [5.41, 5.74) is 6.47. The molecule has 1 aromatic carbocycles. The van der Waals surface area contributed by atoms with Crippen LogP contribution in [0.1, 0.15) is 22.4 Å². The number of piperazine rings is 1. The maximum atomic E-state index is 4.64. The fourth-order valence-corrected chi connectivity index (χ4v) is 3.22. The van der Waals surface area contributed by atoms with E-state index >= 15 is 0 Å². The molecule has 1 fully saturated rings. The van der Waals surface area contributed by atoms with Gasteiger partial charge in [0.15, 0.2) is 0 Å². The molecule has 0 spiro atoms. The zero-order chi connectivity index (χ0) is 14.1. The lowest BCUT2D eigenvalue weighted by molar-refractivity contribution is 0.588. The number of benzene rings is 1. The Morgan fingerprint density at radius 1 is 1.00 bits per heavy atom. The first-order chi connectivity index (χ1) is 10.4. The van der Waals surface area contributed by atoms with Gasteiger partial charge in [-0.2, -0.15) is 0 Å². The second-order valence-electron chi connectivity index (χ2n) is 5.64. The first kappa shape index (κ1) is 12.6. The van der Waals surface area contributed by atoms with Crippen molar-refractivity contribution < 1.29 is 0 Å². The summed E-state index contributed by atoms with van der Waals surface area (Å²) in [6.07, 6.45) is 7.34. The molecule has 2 aliphatic rings. The summed E-state index contributed by atoms with van der Waals surface area (Å²) in [7, 11) is 0. The average Bonchev–Trinajstić information content (AvgIpc) is 2.74. The minimum atomic E-state index is 0.915. The van der Waals surface area contributed by atoms with Crippen molar-refractivity contribution in [2.45, 2.75) is 6.42 Å². The second-order valence-corrected chi connectivity index (χ2v) is 5.64. The van der Waals surface area contributed by atoms with Gasteiger partial charge in [-0.3, -0.25) is 4.98 Å². The van der Waals surface area contributed by atoms with E-state index in [1.807, 2.05) is 6.20 Å². The van der Waals surface area contributed by atoms with Crippen molar-refractivity contribution in [3.8, 4) is 0 Å². The molecular formula is C18H19N3. The number of anilines is 1. The molecule has 21 heavy (non-hydrogen) atoms. The van der Waals surface area contributed by atoms with Crippen LogP contribution in [0.2, 0.25) is 0 Å². The van der Waals surface area contributed by atoms with Crippen LogP contribution < -0.4 is 10.2 Å². The van der Waals surface area contributed by atoms with Crippen LogP contribution in [-0.4, -0.2) is 31.2 Å². The maximum Gasteiger partial charge on any atom is 0.0540 e. The van der Waals surface area contributed by atoms with Gasteiger partial charge in [-0.25, -0.2) is 0 Å². The predicted octanol–water partition coefficient (Wildman–Crippen LogP) is 2.57. The Bertz CT molecular complexity index is 685. The van der Waals surface area contributed by atoms with E-state index in [9.17, 15) is 0 Å². The van der Waals surface area contributed by atoms with Gasteiger partial charge in [0.25, 0.3) is 0 Å². The molecule has 0 bridgehead atoms. The summed E-state index contributed by atoms with van der Waals surface area (Å²) in [6, 6.07) is 10.8. The van der Waals surface area contributed by atoms with Crippen molar-refractivity contribution in [1.82, 2.24) is 10.3 Å². The topological polar surface area (TPSA) is 28.2 Å².